The number of nitrogens with zero attached hydrogens (tertiary/aromatic N) is 1. The maximum absolute atomic E-state index is 11.1. The van der Waals surface area contributed by atoms with Gasteiger partial charge in [-0.05, 0) is 18.6 Å². The van der Waals surface area contributed by atoms with Gasteiger partial charge >= 0.3 is 5.97 Å². The van der Waals surface area contributed by atoms with Gasteiger partial charge in [0.1, 0.15) is 5.75 Å². The average molecular weight is 334 g/mol. The van der Waals surface area contributed by atoms with Gasteiger partial charge in [-0.25, -0.2) is 0 Å². The Balaban J connectivity index is 2.17. The summed E-state index contributed by atoms with van der Waals surface area (Å²) in [6.45, 7) is 1.36. The van der Waals surface area contributed by atoms with E-state index in [4.69, 9.17) is 33.0 Å². The summed E-state index contributed by atoms with van der Waals surface area (Å²) in [5.41, 5.74) is 0.801. The Hall–Kier alpha value is -1.01. The van der Waals surface area contributed by atoms with Crippen molar-refractivity contribution in [2.24, 2.45) is 5.92 Å². The monoisotopic (exact) mass is 333 g/mol. The molecule has 1 aliphatic rings. The molecule has 0 amide bonds. The van der Waals surface area contributed by atoms with E-state index in [1.165, 1.54) is 7.11 Å². The number of aliphatic carboxylic acids is 1. The largest absolute Gasteiger partial charge is 0.495 e. The first kappa shape index (κ1) is 16.4. The van der Waals surface area contributed by atoms with E-state index < -0.39 is 18.0 Å². The molecule has 1 aromatic rings. The van der Waals surface area contributed by atoms with E-state index in [1.54, 1.807) is 12.1 Å². The third kappa shape index (κ3) is 3.80. The molecule has 0 saturated carbocycles. The van der Waals surface area contributed by atoms with Crippen molar-refractivity contribution in [3.63, 3.8) is 0 Å². The fourth-order valence-electron chi connectivity index (χ4n) is 2.59. The van der Waals surface area contributed by atoms with Crippen molar-refractivity contribution >= 4 is 29.2 Å². The smallest absolute Gasteiger partial charge is 0.310 e. The number of methoxy groups -OCH3 is 1. The lowest BCUT2D eigenvalue weighted by atomic mass is 9.94. The van der Waals surface area contributed by atoms with Crippen molar-refractivity contribution < 1.29 is 19.7 Å². The van der Waals surface area contributed by atoms with Crippen LogP contribution in [-0.4, -0.2) is 47.4 Å². The van der Waals surface area contributed by atoms with Crippen molar-refractivity contribution in [2.45, 2.75) is 19.1 Å². The molecule has 0 bridgehead atoms. The van der Waals surface area contributed by atoms with Crippen LogP contribution in [0.25, 0.3) is 0 Å². The highest BCUT2D eigenvalue weighted by molar-refractivity contribution is 6.35. The number of halogens is 2. The van der Waals surface area contributed by atoms with Crippen molar-refractivity contribution in [1.82, 2.24) is 4.90 Å². The molecule has 2 rings (SSSR count). The van der Waals surface area contributed by atoms with Crippen LogP contribution in [0.5, 0.6) is 5.75 Å². The Morgan fingerprint density at radius 3 is 2.81 bits per heavy atom. The zero-order valence-electron chi connectivity index (χ0n) is 11.6. The number of hydrogen-bond donors (Lipinski definition) is 2. The molecule has 1 fully saturated rings. The number of benzene rings is 1. The number of carboxylic acid groups (broad SMARTS) is 1. The van der Waals surface area contributed by atoms with Gasteiger partial charge < -0.3 is 14.9 Å². The number of ether oxygens (including phenoxy) is 1. The SMILES string of the molecule is COc1c(Cl)cc(Cl)cc1CN1CC[C@@H](O)[C@H](C(=O)O)C1. The van der Waals surface area contributed by atoms with E-state index in [0.717, 1.165) is 5.56 Å². The van der Waals surface area contributed by atoms with Crippen LogP contribution in [0.1, 0.15) is 12.0 Å². The minimum Gasteiger partial charge on any atom is -0.495 e. The van der Waals surface area contributed by atoms with Crippen molar-refractivity contribution in [2.75, 3.05) is 20.2 Å². The predicted octanol–water partition coefficient (Wildman–Crippen LogP) is 2.27. The highest BCUT2D eigenvalue weighted by Crippen LogP contribution is 2.33. The molecular weight excluding hydrogens is 317 g/mol. The van der Waals surface area contributed by atoms with E-state index >= 15 is 0 Å². The summed E-state index contributed by atoms with van der Waals surface area (Å²) >= 11 is 12.1. The van der Waals surface area contributed by atoms with Crippen LogP contribution in [0, 0.1) is 5.92 Å². The Bertz CT molecular complexity index is 538. The first-order chi connectivity index (χ1) is 9.92. The van der Waals surface area contributed by atoms with Crippen LogP contribution >= 0.6 is 23.2 Å². The average Bonchev–Trinajstić information content (AvgIpc) is 2.40. The van der Waals surface area contributed by atoms with Crippen molar-refractivity contribution in [1.29, 1.82) is 0 Å². The van der Waals surface area contributed by atoms with Crippen LogP contribution in [-0.2, 0) is 11.3 Å². The lowest BCUT2D eigenvalue weighted by molar-refractivity contribution is -0.149. The standard InChI is InChI=1S/C14H17Cl2NO4/c1-21-13-8(4-9(15)5-11(13)16)6-17-3-2-12(18)10(7-17)14(19)20/h4-5,10,12,18H,2-3,6-7H2,1H3,(H,19,20)/t10-,12-/m1/s1. The second-order valence-corrected chi connectivity index (χ2v) is 5.96. The molecule has 2 N–H and O–H groups in total. The van der Waals surface area contributed by atoms with E-state index in [-0.39, 0.29) is 6.54 Å². The molecule has 0 radical (unpaired) electrons. The number of carboxylic acids is 1. The number of likely N-dealkylation sites (tertiary alicyclic amines) is 1. The maximum atomic E-state index is 11.1. The second-order valence-electron chi connectivity index (χ2n) is 5.12. The van der Waals surface area contributed by atoms with Gasteiger partial charge in [-0.1, -0.05) is 23.2 Å². The number of piperidine rings is 1. The second kappa shape index (κ2) is 6.83. The number of rotatable bonds is 4. The highest BCUT2D eigenvalue weighted by Gasteiger charge is 2.33. The Morgan fingerprint density at radius 2 is 2.19 bits per heavy atom. The number of aliphatic hydroxyl groups excluding tert-OH is 1. The van der Waals surface area contributed by atoms with Crippen LogP contribution in [0.2, 0.25) is 10.0 Å². The number of carbonyl (C=O) groups is 1. The van der Waals surface area contributed by atoms with E-state index in [1.807, 2.05) is 4.90 Å². The molecule has 2 atom stereocenters. The summed E-state index contributed by atoms with van der Waals surface area (Å²) in [4.78, 5) is 13.1. The summed E-state index contributed by atoms with van der Waals surface area (Å²) in [5, 5.41) is 19.8. The molecule has 5 nitrogen and oxygen atoms in total. The van der Waals surface area contributed by atoms with Crippen LogP contribution in [0.3, 0.4) is 0 Å². The van der Waals surface area contributed by atoms with Gasteiger partial charge in [0.05, 0.1) is 24.2 Å². The van der Waals surface area contributed by atoms with Gasteiger partial charge in [0.15, 0.2) is 0 Å². The first-order valence-electron chi connectivity index (χ1n) is 6.57. The third-order valence-electron chi connectivity index (χ3n) is 3.66. The Morgan fingerprint density at radius 1 is 1.48 bits per heavy atom. The van der Waals surface area contributed by atoms with Crippen LogP contribution in [0.15, 0.2) is 12.1 Å². The zero-order valence-corrected chi connectivity index (χ0v) is 13.1. The minimum atomic E-state index is -0.983. The summed E-state index contributed by atoms with van der Waals surface area (Å²) in [6.07, 6.45) is -0.378. The molecule has 1 heterocycles. The predicted molar refractivity (Wildman–Crippen MR) is 80.0 cm³/mol. The Labute approximate surface area is 133 Å². The van der Waals surface area contributed by atoms with Gasteiger partial charge in [-0.15, -0.1) is 0 Å². The van der Waals surface area contributed by atoms with Gasteiger partial charge in [0.2, 0.25) is 0 Å². The fraction of sp³-hybridized carbons (Fsp3) is 0.500. The Kier molecular flexibility index (Phi) is 5.32. The molecule has 21 heavy (non-hydrogen) atoms. The highest BCUT2D eigenvalue weighted by atomic mass is 35.5. The molecule has 0 aliphatic carbocycles. The maximum Gasteiger partial charge on any atom is 0.310 e. The van der Waals surface area contributed by atoms with Gasteiger partial charge in [-0.3, -0.25) is 9.69 Å². The molecular formula is C14H17Cl2NO4. The van der Waals surface area contributed by atoms with E-state index in [2.05, 4.69) is 0 Å². The number of hydrogen-bond acceptors (Lipinski definition) is 4. The molecule has 1 aromatic carbocycles. The molecule has 116 valence electrons. The van der Waals surface area contributed by atoms with E-state index in [0.29, 0.717) is 35.3 Å². The van der Waals surface area contributed by atoms with Crippen LogP contribution in [0.4, 0.5) is 0 Å². The van der Waals surface area contributed by atoms with Gasteiger partial charge in [0, 0.05) is 30.2 Å². The normalized spacial score (nSPS) is 23.0. The topological polar surface area (TPSA) is 70.0 Å². The molecule has 0 unspecified atom stereocenters. The number of aliphatic hydroxyl groups is 1. The molecule has 0 aromatic heterocycles. The minimum absolute atomic E-state index is 0.282. The molecule has 1 aliphatic heterocycles. The molecule has 0 spiro atoms. The van der Waals surface area contributed by atoms with E-state index in [9.17, 15) is 9.90 Å². The van der Waals surface area contributed by atoms with Gasteiger partial charge in [-0.2, -0.15) is 0 Å². The summed E-state index contributed by atoms with van der Waals surface area (Å²) in [7, 11) is 1.53. The summed E-state index contributed by atoms with van der Waals surface area (Å²) in [5.74, 6) is -1.22. The third-order valence-corrected chi connectivity index (χ3v) is 4.16. The summed E-state index contributed by atoms with van der Waals surface area (Å²) in [6, 6.07) is 3.36. The quantitative estimate of drug-likeness (QED) is 0.884. The lowest BCUT2D eigenvalue weighted by Crippen LogP contribution is -2.46. The lowest BCUT2D eigenvalue weighted by Gasteiger charge is -2.34. The van der Waals surface area contributed by atoms with Gasteiger partial charge in [0.25, 0.3) is 0 Å². The summed E-state index contributed by atoms with van der Waals surface area (Å²) < 4.78 is 5.29. The van der Waals surface area contributed by atoms with Crippen molar-refractivity contribution in [3.8, 4) is 5.75 Å². The molecule has 7 heteroatoms. The molecule has 1 saturated heterocycles. The first-order valence-corrected chi connectivity index (χ1v) is 7.33. The van der Waals surface area contributed by atoms with Crippen LogP contribution < -0.4 is 4.74 Å². The zero-order chi connectivity index (χ0) is 15.6. The fourth-order valence-corrected chi connectivity index (χ4v) is 3.21. The van der Waals surface area contributed by atoms with Crippen molar-refractivity contribution in [3.05, 3.63) is 27.7 Å².